The molecule has 0 radical (unpaired) electrons. The van der Waals surface area contributed by atoms with Crippen LogP contribution in [0.2, 0.25) is 0 Å². The predicted molar refractivity (Wildman–Crippen MR) is 128 cm³/mol. The summed E-state index contributed by atoms with van der Waals surface area (Å²) in [7, 11) is 0. The molecule has 2 aromatic rings. The molecule has 0 aliphatic carbocycles. The lowest BCUT2D eigenvalue weighted by Gasteiger charge is -2.23. The molecule has 0 saturated carbocycles. The number of hydrogen-bond acceptors (Lipinski definition) is 6. The first-order valence-electron chi connectivity index (χ1n) is 12.1. The number of carbonyl (C=O) groups is 2. The van der Waals surface area contributed by atoms with Crippen LogP contribution < -0.4 is 4.74 Å². The Bertz CT molecular complexity index is 1060. The van der Waals surface area contributed by atoms with Crippen molar-refractivity contribution >= 4 is 12.1 Å². The van der Waals surface area contributed by atoms with Gasteiger partial charge in [0.15, 0.2) is 6.10 Å². The van der Waals surface area contributed by atoms with Gasteiger partial charge in [-0.05, 0) is 48.7 Å². The van der Waals surface area contributed by atoms with Crippen molar-refractivity contribution in [2.24, 2.45) is 0 Å². The smallest absolute Gasteiger partial charge is 0.482 e. The van der Waals surface area contributed by atoms with E-state index >= 15 is 0 Å². The van der Waals surface area contributed by atoms with Gasteiger partial charge in [0.2, 0.25) is 0 Å². The minimum Gasteiger partial charge on any atom is -0.492 e. The van der Waals surface area contributed by atoms with Gasteiger partial charge in [-0.15, -0.1) is 0 Å². The minimum atomic E-state index is -5.87. The predicted octanol–water partition coefficient (Wildman–Crippen LogP) is 5.44. The number of carbonyl (C=O) groups excluding carboxylic acids is 1. The maximum Gasteiger partial charge on any atom is 0.482 e. The topological polar surface area (TPSA) is 94.5 Å². The Hall–Kier alpha value is -3.52. The molecule has 0 bridgehead atoms. The van der Waals surface area contributed by atoms with Gasteiger partial charge in [0.25, 0.3) is 0 Å². The molecular formula is C26H29F6NO7. The molecule has 1 atom stereocenters. The van der Waals surface area contributed by atoms with E-state index in [0.29, 0.717) is 16.9 Å². The van der Waals surface area contributed by atoms with Gasteiger partial charge >= 0.3 is 24.3 Å². The van der Waals surface area contributed by atoms with Crippen molar-refractivity contribution in [2.45, 2.75) is 44.8 Å². The van der Waals surface area contributed by atoms with E-state index in [1.54, 1.807) is 31.2 Å². The zero-order chi connectivity index (χ0) is 29.8. The summed E-state index contributed by atoms with van der Waals surface area (Å²) in [6, 6.07) is 11.5. The Morgan fingerprint density at radius 2 is 1.55 bits per heavy atom. The molecular weight excluding hydrogens is 552 g/mol. The van der Waals surface area contributed by atoms with Gasteiger partial charge in [0.1, 0.15) is 24.8 Å². The van der Waals surface area contributed by atoms with Crippen molar-refractivity contribution in [3.63, 3.8) is 0 Å². The number of amides is 1. The van der Waals surface area contributed by atoms with Crippen molar-refractivity contribution in [1.82, 2.24) is 4.90 Å². The van der Waals surface area contributed by atoms with Gasteiger partial charge in [-0.3, -0.25) is 0 Å². The van der Waals surface area contributed by atoms with Crippen molar-refractivity contribution in [1.29, 1.82) is 0 Å². The molecule has 1 N–H and O–H groups in total. The van der Waals surface area contributed by atoms with Gasteiger partial charge in [-0.2, -0.15) is 22.0 Å². The van der Waals surface area contributed by atoms with Gasteiger partial charge < -0.3 is 29.0 Å². The van der Waals surface area contributed by atoms with Crippen molar-refractivity contribution in [3.05, 3.63) is 65.5 Å². The number of aliphatic carboxylic acids is 1. The molecule has 40 heavy (non-hydrogen) atoms. The number of carboxylic acid groups (broad SMARTS) is 1. The second-order valence-corrected chi connectivity index (χ2v) is 8.36. The van der Waals surface area contributed by atoms with Crippen LogP contribution in [0.1, 0.15) is 24.5 Å². The van der Waals surface area contributed by atoms with Crippen molar-refractivity contribution < 1.29 is 60.0 Å². The monoisotopic (exact) mass is 581 g/mol. The highest BCUT2D eigenvalue weighted by atomic mass is 19.4. The van der Waals surface area contributed by atoms with Crippen LogP contribution >= 0.6 is 0 Å². The van der Waals surface area contributed by atoms with Gasteiger partial charge in [-0.1, -0.05) is 24.3 Å². The van der Waals surface area contributed by atoms with Crippen LogP contribution in [0, 0.1) is 5.82 Å². The van der Waals surface area contributed by atoms with E-state index in [1.165, 1.54) is 12.1 Å². The van der Waals surface area contributed by atoms with Crippen LogP contribution in [-0.2, 0) is 32.0 Å². The van der Waals surface area contributed by atoms with Gasteiger partial charge in [-0.25, -0.2) is 14.0 Å². The third-order valence-electron chi connectivity index (χ3n) is 5.34. The maximum atomic E-state index is 13.1. The average molecular weight is 582 g/mol. The normalized spacial score (nSPS) is 12.6. The van der Waals surface area contributed by atoms with Crippen LogP contribution in [0.3, 0.4) is 0 Å². The molecule has 2 rings (SSSR count). The van der Waals surface area contributed by atoms with E-state index in [4.69, 9.17) is 14.2 Å². The summed E-state index contributed by atoms with van der Waals surface area (Å²) in [6.07, 6.45) is -13.3. The highest BCUT2D eigenvalue weighted by Crippen LogP contribution is 2.36. The van der Waals surface area contributed by atoms with Crippen molar-refractivity contribution in [2.75, 3.05) is 32.9 Å². The van der Waals surface area contributed by atoms with E-state index in [9.17, 15) is 41.0 Å². The molecule has 0 aliphatic rings. The van der Waals surface area contributed by atoms with Crippen LogP contribution in [0.25, 0.3) is 0 Å². The fourth-order valence-corrected chi connectivity index (χ4v) is 3.28. The Morgan fingerprint density at radius 3 is 2.12 bits per heavy atom. The second-order valence-electron chi connectivity index (χ2n) is 8.36. The lowest BCUT2D eigenvalue weighted by Crippen LogP contribution is -2.40. The van der Waals surface area contributed by atoms with E-state index in [1.807, 2.05) is 0 Å². The molecule has 1 amide bonds. The molecule has 2 aromatic carbocycles. The summed E-state index contributed by atoms with van der Waals surface area (Å²) in [6.45, 7) is 0.186. The Balaban J connectivity index is 1.93. The fourth-order valence-electron chi connectivity index (χ4n) is 3.28. The first-order valence-corrected chi connectivity index (χ1v) is 12.1. The van der Waals surface area contributed by atoms with Crippen LogP contribution in [-0.4, -0.2) is 73.4 Å². The number of nitrogens with zero attached hydrogens (tertiary/aromatic N) is 1. The molecule has 0 heterocycles. The molecule has 0 aromatic heterocycles. The molecule has 14 heteroatoms. The van der Waals surface area contributed by atoms with Crippen LogP contribution in [0.15, 0.2) is 48.5 Å². The quantitative estimate of drug-likeness (QED) is 0.209. The van der Waals surface area contributed by atoms with Crippen LogP contribution in [0.4, 0.5) is 31.1 Å². The first kappa shape index (κ1) is 32.7. The lowest BCUT2D eigenvalue weighted by molar-refractivity contribution is -0.391. The minimum absolute atomic E-state index is 0.0960. The highest BCUT2D eigenvalue weighted by Gasteiger charge is 2.59. The summed E-state index contributed by atoms with van der Waals surface area (Å²) >= 11 is 0. The van der Waals surface area contributed by atoms with Gasteiger partial charge in [0, 0.05) is 19.6 Å². The highest BCUT2D eigenvalue weighted by molar-refractivity contribution is 5.72. The molecule has 0 saturated heterocycles. The Morgan fingerprint density at radius 1 is 0.925 bits per heavy atom. The standard InChI is InChI=1S/C26H29F6NO7/c1-2-37-22(23(34)35)16-18-6-10-21(11-7-18)38-15-13-33(12-3-14-40-26(31,32)25(28,29)30)24(36)39-17-19-4-8-20(27)9-5-19/h4-11,22H,2-3,12-17H2,1H3,(H,34,35). The number of alkyl halides is 5. The van der Waals surface area contributed by atoms with E-state index in [-0.39, 0.29) is 45.8 Å². The Kier molecular flexibility index (Phi) is 12.5. The SMILES string of the molecule is CCOC(Cc1ccc(OCCN(CCCOC(F)(F)C(F)(F)F)C(=O)OCc2ccc(F)cc2)cc1)C(=O)O. The zero-order valence-corrected chi connectivity index (χ0v) is 21.5. The lowest BCUT2D eigenvalue weighted by atomic mass is 10.1. The molecule has 8 nitrogen and oxygen atoms in total. The second kappa shape index (κ2) is 15.3. The third kappa shape index (κ3) is 10.9. The average Bonchev–Trinajstić information content (AvgIpc) is 2.89. The van der Waals surface area contributed by atoms with E-state index in [0.717, 1.165) is 17.0 Å². The molecule has 0 spiro atoms. The summed E-state index contributed by atoms with van der Waals surface area (Å²) in [5, 5.41) is 9.20. The largest absolute Gasteiger partial charge is 0.492 e. The molecule has 222 valence electrons. The number of carboxylic acids is 1. The Labute approximate surface area is 226 Å². The molecule has 0 fully saturated rings. The number of benzene rings is 2. The third-order valence-corrected chi connectivity index (χ3v) is 5.34. The summed E-state index contributed by atoms with van der Waals surface area (Å²) in [5.41, 5.74) is 1.14. The maximum absolute atomic E-state index is 13.1. The number of ether oxygens (including phenoxy) is 4. The molecule has 0 aliphatic heterocycles. The molecule has 1 unspecified atom stereocenters. The van der Waals surface area contributed by atoms with Crippen LogP contribution in [0.5, 0.6) is 5.75 Å². The number of rotatable bonds is 16. The first-order chi connectivity index (χ1) is 18.8. The fraction of sp³-hybridized carbons (Fsp3) is 0.462. The number of hydrogen-bond donors (Lipinski definition) is 1. The zero-order valence-electron chi connectivity index (χ0n) is 21.5. The van der Waals surface area contributed by atoms with E-state index in [2.05, 4.69) is 4.74 Å². The number of halogens is 6. The van der Waals surface area contributed by atoms with Crippen molar-refractivity contribution in [3.8, 4) is 5.75 Å². The summed E-state index contributed by atoms with van der Waals surface area (Å²) in [4.78, 5) is 24.9. The van der Waals surface area contributed by atoms with Gasteiger partial charge in [0.05, 0.1) is 13.2 Å². The summed E-state index contributed by atoms with van der Waals surface area (Å²) < 4.78 is 95.5. The summed E-state index contributed by atoms with van der Waals surface area (Å²) in [5.74, 6) is -1.21. The van der Waals surface area contributed by atoms with E-state index < -0.39 is 42.9 Å².